The zero-order chi connectivity index (χ0) is 39.1. The molecule has 3 saturated carbocycles. The van der Waals surface area contributed by atoms with Crippen LogP contribution in [0.1, 0.15) is 138 Å². The van der Waals surface area contributed by atoms with E-state index in [1.165, 1.54) is 11.9 Å². The molecule has 10 nitrogen and oxygen atoms in total. The average Bonchev–Trinajstić information content (AvgIpc) is 3.58. The van der Waals surface area contributed by atoms with E-state index in [-0.39, 0.29) is 57.5 Å². The van der Waals surface area contributed by atoms with Gasteiger partial charge in [0.05, 0.1) is 37.9 Å². The number of hydrogen-bond acceptors (Lipinski definition) is 7. The average molecular weight is 738 g/mol. The molecule has 5 aliphatic rings. The lowest BCUT2D eigenvalue weighted by molar-refractivity contribution is -0.252. The van der Waals surface area contributed by atoms with Gasteiger partial charge in [-0.25, -0.2) is 9.67 Å². The first-order valence-electron chi connectivity index (χ1n) is 20.8. The van der Waals surface area contributed by atoms with Crippen LogP contribution in [0.2, 0.25) is 0 Å². The first kappa shape index (κ1) is 40.4. The van der Waals surface area contributed by atoms with Crippen molar-refractivity contribution in [3.8, 4) is 0 Å². The molecule has 1 saturated heterocycles. The van der Waals surface area contributed by atoms with E-state index in [0.717, 1.165) is 32.1 Å². The molecule has 1 aromatic rings. The lowest BCUT2D eigenvalue weighted by Crippen LogP contribution is -2.69. The van der Waals surface area contributed by atoms with Gasteiger partial charge in [0, 0.05) is 29.5 Å². The molecule has 1 amide bonds. The van der Waals surface area contributed by atoms with E-state index in [1.54, 1.807) is 4.90 Å². The molecule has 1 aliphatic heterocycles. The van der Waals surface area contributed by atoms with Crippen LogP contribution >= 0.6 is 0 Å². The van der Waals surface area contributed by atoms with Crippen molar-refractivity contribution in [2.24, 2.45) is 68.3 Å². The second-order valence-electron chi connectivity index (χ2n) is 20.0. The van der Waals surface area contributed by atoms with Crippen molar-refractivity contribution in [1.29, 1.82) is 0 Å². The van der Waals surface area contributed by atoms with Crippen LogP contribution in [0.25, 0.3) is 0 Å². The first-order valence-corrected chi connectivity index (χ1v) is 20.8. The van der Waals surface area contributed by atoms with Gasteiger partial charge in [-0.05, 0) is 105 Å². The third-order valence-electron chi connectivity index (χ3n) is 17.1. The molecule has 0 spiro atoms. The minimum Gasteiger partial charge on any atom is -0.481 e. The smallest absolute Gasteiger partial charge is 0.307 e. The van der Waals surface area contributed by atoms with Gasteiger partial charge in [0.15, 0.2) is 0 Å². The van der Waals surface area contributed by atoms with E-state index in [2.05, 4.69) is 80.3 Å². The summed E-state index contributed by atoms with van der Waals surface area (Å²) in [5, 5.41) is 16.0. The Morgan fingerprint density at radius 3 is 2.36 bits per heavy atom. The molecule has 1 aromatic heterocycles. The Morgan fingerprint density at radius 1 is 1.08 bits per heavy atom. The fourth-order valence-electron chi connectivity index (χ4n) is 12.9. The minimum absolute atomic E-state index is 0.120. The number of nitrogens with two attached hydrogens (primary N) is 1. The lowest BCUT2D eigenvalue weighted by Gasteiger charge is -2.71. The summed E-state index contributed by atoms with van der Waals surface area (Å²) in [6, 6.07) is -0.269. The number of carbonyl (C=O) groups excluding carboxylic acids is 1. The highest BCUT2D eigenvalue weighted by Gasteiger charge is 2.72. The molecule has 2 bridgehead atoms. The van der Waals surface area contributed by atoms with Crippen molar-refractivity contribution in [2.75, 3.05) is 32.9 Å². The summed E-state index contributed by atoms with van der Waals surface area (Å²) in [7, 11) is 0. The fourth-order valence-corrected chi connectivity index (χ4v) is 12.9. The van der Waals surface area contributed by atoms with Gasteiger partial charge < -0.3 is 25.2 Å². The molecule has 1 unspecified atom stereocenters. The number of allylic oxidation sites excluding steroid dienone is 1. The highest BCUT2D eigenvalue weighted by Crippen LogP contribution is 2.75. The lowest BCUT2D eigenvalue weighted by atomic mass is 9.34. The van der Waals surface area contributed by atoms with E-state index in [9.17, 15) is 14.7 Å². The number of ether oxygens (including phenoxy) is 2. The topological polar surface area (TPSA) is 133 Å². The van der Waals surface area contributed by atoms with Crippen molar-refractivity contribution in [3.63, 3.8) is 0 Å². The minimum atomic E-state index is -0.645. The van der Waals surface area contributed by atoms with Gasteiger partial charge >= 0.3 is 5.97 Å². The molecule has 2 heterocycles. The molecular formula is C43H71N5O5. The van der Waals surface area contributed by atoms with Crippen LogP contribution in [0.15, 0.2) is 18.0 Å². The molecule has 4 aliphatic carbocycles. The number of aliphatic carboxylic acids is 1. The van der Waals surface area contributed by atoms with Gasteiger partial charge in [0.25, 0.3) is 5.91 Å². The molecule has 298 valence electrons. The summed E-state index contributed by atoms with van der Waals surface area (Å²) >= 11 is 0. The van der Waals surface area contributed by atoms with Crippen LogP contribution in [0.5, 0.6) is 0 Å². The van der Waals surface area contributed by atoms with Crippen molar-refractivity contribution >= 4 is 11.9 Å². The molecule has 53 heavy (non-hydrogen) atoms. The molecular weight excluding hydrogens is 667 g/mol. The maximum Gasteiger partial charge on any atom is 0.307 e. The number of aromatic nitrogens is 3. The van der Waals surface area contributed by atoms with E-state index in [4.69, 9.17) is 20.3 Å². The van der Waals surface area contributed by atoms with Gasteiger partial charge in [-0.1, -0.05) is 74.0 Å². The van der Waals surface area contributed by atoms with Crippen LogP contribution < -0.4 is 5.73 Å². The number of rotatable bonds is 11. The second kappa shape index (κ2) is 13.7. The number of carboxylic acid groups (broad SMARTS) is 1. The molecule has 4 fully saturated rings. The van der Waals surface area contributed by atoms with Gasteiger partial charge in [-0.3, -0.25) is 9.59 Å². The highest BCUT2D eigenvalue weighted by molar-refractivity contribution is 5.90. The van der Waals surface area contributed by atoms with Crippen LogP contribution in [0, 0.1) is 62.6 Å². The van der Waals surface area contributed by atoms with Crippen LogP contribution in [-0.4, -0.2) is 81.2 Å². The van der Waals surface area contributed by atoms with Crippen molar-refractivity contribution in [1.82, 2.24) is 19.7 Å². The van der Waals surface area contributed by atoms with E-state index in [0.29, 0.717) is 57.0 Å². The summed E-state index contributed by atoms with van der Waals surface area (Å²) in [6.07, 6.45) is 9.09. The molecule has 12 atom stereocenters. The SMILES string of the molecule is CCN(CC)C(=O)c1ncnn1[C@@H]1CC23COC[C@@](C)([C@@H]2CC[C@H]2C3=CC[C@@]3(C)[C@H](C(=O)O)[C@@](C)([C@H](C)C(C)C)CC[C@]23C)[C@H]1OC[C@](C)(N)C(C)C. The van der Waals surface area contributed by atoms with E-state index in [1.807, 2.05) is 18.5 Å². The third-order valence-corrected chi connectivity index (χ3v) is 17.1. The largest absolute Gasteiger partial charge is 0.481 e. The van der Waals surface area contributed by atoms with Crippen LogP contribution in [0.4, 0.5) is 0 Å². The van der Waals surface area contributed by atoms with Crippen molar-refractivity contribution in [3.05, 3.63) is 23.8 Å². The Morgan fingerprint density at radius 2 is 1.75 bits per heavy atom. The molecule has 0 aromatic carbocycles. The highest BCUT2D eigenvalue weighted by atomic mass is 16.5. The number of carbonyl (C=O) groups is 2. The summed E-state index contributed by atoms with van der Waals surface area (Å²) < 4.78 is 15.7. The third kappa shape index (κ3) is 5.79. The Bertz CT molecular complexity index is 1580. The second-order valence-corrected chi connectivity index (χ2v) is 20.0. The Kier molecular flexibility index (Phi) is 10.4. The summed E-state index contributed by atoms with van der Waals surface area (Å²) in [5.74, 6) is 0.566. The number of fused-ring (bicyclic) bond motifs is 3. The van der Waals surface area contributed by atoms with Gasteiger partial charge in [0.1, 0.15) is 6.33 Å². The summed E-state index contributed by atoms with van der Waals surface area (Å²) in [6.45, 7) is 29.1. The standard InChI is InChI=1S/C43H71N5O5/c1-13-47(14-2)36(49)35-45-25-46-48(35)31-21-43-24-52-22-39(9,34(31)53-23-42(12,44)27(5)6)32(43)16-15-29-30(43)17-18-41(11)33(37(50)51)38(8,28(7)26(3)4)19-20-40(29,41)10/h17,25-29,31-34H,13-16,18-24,44H2,1-12H3,(H,50,51)/t28-,29+,31-,32+,33-,34+,38-,39+,40-,41+,42+,43?/m1/s1. The number of amides is 1. The Balaban J connectivity index is 1.48. The normalized spacial score (nSPS) is 41.1. The van der Waals surface area contributed by atoms with Gasteiger partial charge in [-0.2, -0.15) is 5.10 Å². The van der Waals surface area contributed by atoms with Gasteiger partial charge in [-0.15, -0.1) is 0 Å². The zero-order valence-corrected chi connectivity index (χ0v) is 35.0. The maximum atomic E-state index is 14.0. The van der Waals surface area contributed by atoms with E-state index < -0.39 is 22.8 Å². The predicted molar refractivity (Wildman–Crippen MR) is 207 cm³/mol. The van der Waals surface area contributed by atoms with Crippen LogP contribution in [0.3, 0.4) is 0 Å². The predicted octanol–water partition coefficient (Wildman–Crippen LogP) is 7.65. The molecule has 6 rings (SSSR count). The summed E-state index contributed by atoms with van der Waals surface area (Å²) in [4.78, 5) is 34.0. The first-order chi connectivity index (χ1) is 24.7. The van der Waals surface area contributed by atoms with Crippen molar-refractivity contribution in [2.45, 2.75) is 139 Å². The number of hydrogen-bond donors (Lipinski definition) is 2. The Hall–Kier alpha value is -2.30. The molecule has 3 N–H and O–H groups in total. The van der Waals surface area contributed by atoms with Gasteiger partial charge in [0.2, 0.25) is 5.82 Å². The fraction of sp³-hybridized carbons (Fsp3) is 0.860. The van der Waals surface area contributed by atoms with Crippen LogP contribution in [-0.2, 0) is 14.3 Å². The summed E-state index contributed by atoms with van der Waals surface area (Å²) in [5.41, 5.74) is 6.19. The monoisotopic (exact) mass is 738 g/mol. The molecule has 10 heteroatoms. The van der Waals surface area contributed by atoms with Crippen molar-refractivity contribution < 1.29 is 24.2 Å². The van der Waals surface area contributed by atoms with E-state index >= 15 is 0 Å². The number of carboxylic acids is 1. The zero-order valence-electron chi connectivity index (χ0n) is 35.0. The maximum absolute atomic E-state index is 14.0. The quantitative estimate of drug-likeness (QED) is 0.222. The molecule has 0 radical (unpaired) electrons. The Labute approximate surface area is 319 Å². The number of nitrogens with zero attached hydrogens (tertiary/aromatic N) is 4.